The molecule has 0 aromatic carbocycles. The monoisotopic (exact) mass is 697 g/mol. The van der Waals surface area contributed by atoms with Crippen LogP contribution in [-0.2, 0) is 19.1 Å². The summed E-state index contributed by atoms with van der Waals surface area (Å²) in [6.45, 7) is 11.7. The third-order valence-electron chi connectivity index (χ3n) is 9.97. The first-order valence-electron chi connectivity index (χ1n) is 21.3. The van der Waals surface area contributed by atoms with Crippen LogP contribution in [0.2, 0.25) is 0 Å². The Kier molecular flexibility index (Phi) is 37.1. The summed E-state index contributed by atoms with van der Waals surface area (Å²) in [6, 6.07) is 0. The van der Waals surface area contributed by atoms with Crippen molar-refractivity contribution in [2.24, 2.45) is 11.8 Å². The number of carbonyl (C=O) groups excluding carboxylic acids is 2. The molecule has 0 radical (unpaired) electrons. The second kappa shape index (κ2) is 38.1. The molecular weight excluding hydrogens is 612 g/mol. The fraction of sp³-hybridized carbons (Fsp3) is 0.952. The lowest BCUT2D eigenvalue weighted by atomic mass is 9.94. The topological polar surface area (TPSA) is 88.1 Å². The fourth-order valence-electron chi connectivity index (χ4n) is 6.70. The average Bonchev–Trinajstić information content (AvgIpc) is 3.10. The molecule has 0 aromatic heterocycles. The largest absolute Gasteiger partial charge is 0.465 e. The van der Waals surface area contributed by atoms with Gasteiger partial charge in [0.05, 0.1) is 25.0 Å². The number of hydrogen-bond donors (Lipinski definition) is 2. The van der Waals surface area contributed by atoms with E-state index in [-0.39, 0.29) is 30.4 Å². The zero-order valence-electron chi connectivity index (χ0n) is 33.2. The molecule has 7 heteroatoms. The molecule has 0 saturated heterocycles. The molecule has 0 heterocycles. The molecule has 0 spiro atoms. The molecule has 49 heavy (non-hydrogen) atoms. The van der Waals surface area contributed by atoms with Crippen LogP contribution in [0, 0.1) is 11.8 Å². The molecule has 0 fully saturated rings. The van der Waals surface area contributed by atoms with Crippen molar-refractivity contribution < 1.29 is 24.2 Å². The number of nitrogens with zero attached hydrogens (tertiary/aromatic N) is 1. The van der Waals surface area contributed by atoms with Crippen LogP contribution in [0.25, 0.3) is 0 Å². The van der Waals surface area contributed by atoms with Crippen molar-refractivity contribution in [3.05, 3.63) is 0 Å². The molecular formula is C42H84N2O5. The summed E-state index contributed by atoms with van der Waals surface area (Å²) in [5, 5.41) is 12.6. The number of rotatable bonds is 39. The van der Waals surface area contributed by atoms with Crippen LogP contribution < -0.4 is 5.32 Å². The Balaban J connectivity index is 4.49. The standard InChI is InChI=1S/C42H84N2O5/c1-5-8-11-14-15-20-30-39(28-18-12-9-6-2)41(46)48-37-25-23-33-44(35-27-36-45)34-24-26-38-49-42(47)40(29-19-13-10-7-3)31-21-16-17-22-32-43-4/h39-40,43,45H,5-38H2,1-4H3. The van der Waals surface area contributed by atoms with Gasteiger partial charge in [-0.3, -0.25) is 9.59 Å². The molecule has 0 amide bonds. The van der Waals surface area contributed by atoms with Gasteiger partial charge in [0.15, 0.2) is 0 Å². The van der Waals surface area contributed by atoms with Gasteiger partial charge in [0.2, 0.25) is 0 Å². The highest BCUT2D eigenvalue weighted by Crippen LogP contribution is 2.22. The third kappa shape index (κ3) is 31.3. The van der Waals surface area contributed by atoms with Crippen molar-refractivity contribution in [3.63, 3.8) is 0 Å². The molecule has 2 atom stereocenters. The van der Waals surface area contributed by atoms with E-state index < -0.39 is 0 Å². The van der Waals surface area contributed by atoms with E-state index in [0.29, 0.717) is 13.2 Å². The Morgan fingerprint density at radius 1 is 0.510 bits per heavy atom. The molecule has 2 unspecified atom stereocenters. The molecule has 0 bridgehead atoms. The van der Waals surface area contributed by atoms with Crippen molar-refractivity contribution in [2.75, 3.05) is 53.0 Å². The quantitative estimate of drug-likeness (QED) is 0.0488. The number of hydrogen-bond acceptors (Lipinski definition) is 7. The minimum atomic E-state index is 0.00794. The number of nitrogens with one attached hydrogen (secondary N) is 1. The Morgan fingerprint density at radius 2 is 0.878 bits per heavy atom. The normalized spacial score (nSPS) is 12.8. The fourth-order valence-corrected chi connectivity index (χ4v) is 6.70. The van der Waals surface area contributed by atoms with Gasteiger partial charge in [-0.2, -0.15) is 0 Å². The van der Waals surface area contributed by atoms with E-state index in [1.165, 1.54) is 89.9 Å². The Hall–Kier alpha value is -1.18. The van der Waals surface area contributed by atoms with E-state index in [2.05, 4.69) is 31.0 Å². The SMILES string of the molecule is CCCCCCCCC(CCCCCC)C(=O)OCCCCN(CCCO)CCCCOC(=O)C(CCCCCC)CCCCCCNC. The molecule has 7 nitrogen and oxygen atoms in total. The molecule has 0 saturated carbocycles. The minimum Gasteiger partial charge on any atom is -0.465 e. The molecule has 0 aromatic rings. The first-order valence-corrected chi connectivity index (χ1v) is 21.3. The summed E-state index contributed by atoms with van der Waals surface area (Å²) >= 11 is 0. The van der Waals surface area contributed by atoms with Gasteiger partial charge in [-0.15, -0.1) is 0 Å². The average molecular weight is 697 g/mol. The van der Waals surface area contributed by atoms with Crippen LogP contribution in [0.15, 0.2) is 0 Å². The lowest BCUT2D eigenvalue weighted by Gasteiger charge is -2.22. The van der Waals surface area contributed by atoms with Gasteiger partial charge in [-0.25, -0.2) is 0 Å². The molecule has 0 aliphatic carbocycles. The van der Waals surface area contributed by atoms with Crippen molar-refractivity contribution in [1.29, 1.82) is 0 Å². The van der Waals surface area contributed by atoms with E-state index in [0.717, 1.165) is 110 Å². The zero-order chi connectivity index (χ0) is 36.0. The summed E-state index contributed by atoms with van der Waals surface area (Å²) in [6.07, 6.45) is 30.1. The summed E-state index contributed by atoms with van der Waals surface area (Å²) in [5.41, 5.74) is 0. The van der Waals surface area contributed by atoms with Gasteiger partial charge in [0.1, 0.15) is 0 Å². The summed E-state index contributed by atoms with van der Waals surface area (Å²) in [5.74, 6) is 0.129. The maximum Gasteiger partial charge on any atom is 0.308 e. The summed E-state index contributed by atoms with van der Waals surface area (Å²) < 4.78 is 11.6. The second-order valence-corrected chi connectivity index (χ2v) is 14.6. The lowest BCUT2D eigenvalue weighted by Crippen LogP contribution is -2.28. The zero-order valence-corrected chi connectivity index (χ0v) is 33.2. The number of unbranched alkanes of at least 4 members (excludes halogenated alkanes) is 16. The van der Waals surface area contributed by atoms with Crippen molar-refractivity contribution in [3.8, 4) is 0 Å². The van der Waals surface area contributed by atoms with Gasteiger partial charge in [0.25, 0.3) is 0 Å². The minimum absolute atomic E-state index is 0.00794. The smallest absolute Gasteiger partial charge is 0.308 e. The first-order chi connectivity index (χ1) is 24.0. The molecule has 292 valence electrons. The number of esters is 2. The van der Waals surface area contributed by atoms with E-state index in [1.54, 1.807) is 0 Å². The Morgan fingerprint density at radius 3 is 1.29 bits per heavy atom. The van der Waals surface area contributed by atoms with E-state index in [9.17, 15) is 14.7 Å². The van der Waals surface area contributed by atoms with E-state index >= 15 is 0 Å². The maximum absolute atomic E-state index is 13.0. The van der Waals surface area contributed by atoms with Crippen LogP contribution >= 0.6 is 0 Å². The van der Waals surface area contributed by atoms with E-state index in [1.807, 2.05) is 7.05 Å². The Labute approximate surface area is 304 Å². The van der Waals surface area contributed by atoms with Crippen LogP contribution in [0.1, 0.15) is 194 Å². The van der Waals surface area contributed by atoms with Gasteiger partial charge in [-0.05, 0) is 90.9 Å². The predicted molar refractivity (Wildman–Crippen MR) is 208 cm³/mol. The van der Waals surface area contributed by atoms with Crippen molar-refractivity contribution >= 4 is 11.9 Å². The van der Waals surface area contributed by atoms with Crippen molar-refractivity contribution in [2.45, 2.75) is 194 Å². The highest BCUT2D eigenvalue weighted by atomic mass is 16.5. The molecule has 2 N–H and O–H groups in total. The van der Waals surface area contributed by atoms with Crippen LogP contribution in [0.5, 0.6) is 0 Å². The highest BCUT2D eigenvalue weighted by molar-refractivity contribution is 5.72. The third-order valence-corrected chi connectivity index (χ3v) is 9.97. The second-order valence-electron chi connectivity index (χ2n) is 14.6. The van der Waals surface area contributed by atoms with Crippen molar-refractivity contribution in [1.82, 2.24) is 10.2 Å². The van der Waals surface area contributed by atoms with E-state index in [4.69, 9.17) is 9.47 Å². The number of aliphatic hydroxyl groups excluding tert-OH is 1. The number of carbonyl (C=O) groups is 2. The number of aliphatic hydroxyl groups is 1. The van der Waals surface area contributed by atoms with Gasteiger partial charge < -0.3 is 24.8 Å². The van der Waals surface area contributed by atoms with Gasteiger partial charge in [-0.1, -0.05) is 130 Å². The maximum atomic E-state index is 13.0. The lowest BCUT2D eigenvalue weighted by molar-refractivity contribution is -0.150. The van der Waals surface area contributed by atoms with Gasteiger partial charge in [0, 0.05) is 13.2 Å². The van der Waals surface area contributed by atoms with Crippen LogP contribution in [0.3, 0.4) is 0 Å². The summed E-state index contributed by atoms with van der Waals surface area (Å²) in [7, 11) is 2.00. The highest BCUT2D eigenvalue weighted by Gasteiger charge is 2.20. The first kappa shape index (κ1) is 47.8. The van der Waals surface area contributed by atoms with Gasteiger partial charge >= 0.3 is 11.9 Å². The van der Waals surface area contributed by atoms with Crippen LogP contribution in [0.4, 0.5) is 0 Å². The Bertz CT molecular complexity index is 653. The number of ether oxygens (including phenoxy) is 2. The molecule has 0 aliphatic rings. The molecule has 0 aliphatic heterocycles. The molecule has 0 rings (SSSR count). The predicted octanol–water partition coefficient (Wildman–Crippen LogP) is 10.4. The summed E-state index contributed by atoms with van der Waals surface area (Å²) in [4.78, 5) is 28.4. The van der Waals surface area contributed by atoms with Crippen LogP contribution in [-0.4, -0.2) is 75.0 Å².